The van der Waals surface area contributed by atoms with Crippen molar-refractivity contribution in [1.29, 1.82) is 0 Å². The lowest BCUT2D eigenvalue weighted by molar-refractivity contribution is 0.0246. The van der Waals surface area contributed by atoms with E-state index in [4.69, 9.17) is 9.73 Å². The van der Waals surface area contributed by atoms with Crippen molar-refractivity contribution < 1.29 is 9.53 Å². The van der Waals surface area contributed by atoms with Gasteiger partial charge in [-0.3, -0.25) is 15.2 Å². The van der Waals surface area contributed by atoms with Gasteiger partial charge in [0.25, 0.3) is 0 Å². The molecule has 1 N–H and O–H groups in total. The predicted octanol–water partition coefficient (Wildman–Crippen LogP) is 4.66. The molecule has 1 aromatic rings. The van der Waals surface area contributed by atoms with Crippen molar-refractivity contribution in [2.45, 2.75) is 39.5 Å². The van der Waals surface area contributed by atoms with Crippen LogP contribution in [0.25, 0.3) is 0 Å². The molecule has 1 aromatic carbocycles. The Morgan fingerprint density at radius 1 is 1.30 bits per heavy atom. The molecule has 0 radical (unpaired) electrons. The second-order valence-corrected chi connectivity index (χ2v) is 9.05. The van der Waals surface area contributed by atoms with Crippen LogP contribution in [0.15, 0.2) is 53.1 Å². The average Bonchev–Trinajstić information content (AvgIpc) is 3.07. The number of halogens is 1. The molecular formula is C21H26IN3O2. The summed E-state index contributed by atoms with van der Waals surface area (Å²) in [5.41, 5.74) is 2.40. The molecule has 0 aromatic heterocycles. The Labute approximate surface area is 174 Å². The van der Waals surface area contributed by atoms with E-state index in [1.807, 2.05) is 57.2 Å². The summed E-state index contributed by atoms with van der Waals surface area (Å²) in [6.07, 6.45) is 5.69. The van der Waals surface area contributed by atoms with Gasteiger partial charge >= 0.3 is 6.09 Å². The number of hydrogen-bond donors (Lipinski definition) is 1. The Morgan fingerprint density at radius 3 is 2.67 bits per heavy atom. The summed E-state index contributed by atoms with van der Waals surface area (Å²) in [7, 11) is 0. The Kier molecular flexibility index (Phi) is 6.05. The fourth-order valence-electron chi connectivity index (χ4n) is 3.17. The van der Waals surface area contributed by atoms with Gasteiger partial charge in [0.1, 0.15) is 11.8 Å². The lowest BCUT2D eigenvalue weighted by Gasteiger charge is -2.31. The van der Waals surface area contributed by atoms with Crippen LogP contribution < -0.4 is 5.32 Å². The molecule has 3 rings (SSSR count). The van der Waals surface area contributed by atoms with E-state index in [-0.39, 0.29) is 18.2 Å². The third-order valence-electron chi connectivity index (χ3n) is 4.40. The first kappa shape index (κ1) is 20.1. The lowest BCUT2D eigenvalue weighted by atomic mass is 9.91. The van der Waals surface area contributed by atoms with Gasteiger partial charge in [-0.15, -0.1) is 0 Å². The molecule has 0 saturated carbocycles. The molecule has 1 amide bonds. The molecule has 144 valence electrons. The smallest absolute Gasteiger partial charge is 0.411 e. The summed E-state index contributed by atoms with van der Waals surface area (Å²) < 4.78 is 6.78. The summed E-state index contributed by atoms with van der Waals surface area (Å²) in [5.74, 6) is 0.173. The molecule has 27 heavy (non-hydrogen) atoms. The second kappa shape index (κ2) is 8.14. The highest BCUT2D eigenvalue weighted by molar-refractivity contribution is 14.1. The van der Waals surface area contributed by atoms with Crippen molar-refractivity contribution in [3.8, 4) is 0 Å². The van der Waals surface area contributed by atoms with Crippen LogP contribution >= 0.6 is 22.6 Å². The predicted molar refractivity (Wildman–Crippen MR) is 117 cm³/mol. The van der Waals surface area contributed by atoms with E-state index in [2.05, 4.69) is 40.9 Å². The summed E-state index contributed by atoms with van der Waals surface area (Å²) in [4.78, 5) is 19.3. The van der Waals surface area contributed by atoms with Gasteiger partial charge in [0.2, 0.25) is 0 Å². The minimum Gasteiger partial charge on any atom is -0.444 e. The van der Waals surface area contributed by atoms with E-state index in [1.165, 1.54) is 3.57 Å². The summed E-state index contributed by atoms with van der Waals surface area (Å²) >= 11 is 2.29. The molecule has 0 bridgehead atoms. The van der Waals surface area contributed by atoms with E-state index in [9.17, 15) is 4.79 Å². The summed E-state index contributed by atoms with van der Waals surface area (Å²) in [5, 5.41) is 3.43. The topological polar surface area (TPSA) is 53.9 Å². The van der Waals surface area contributed by atoms with Gasteiger partial charge in [0, 0.05) is 28.2 Å². The van der Waals surface area contributed by atoms with Crippen LogP contribution in [-0.2, 0) is 4.74 Å². The van der Waals surface area contributed by atoms with Gasteiger partial charge in [-0.05, 0) is 67.6 Å². The van der Waals surface area contributed by atoms with Crippen LogP contribution in [0.5, 0.6) is 0 Å². The SMILES string of the molecule is CC1C=CC=C(C2NCCN2C(=O)OC(C)(C)C)/C1=N/c1ccc(I)cc1. The van der Waals surface area contributed by atoms with E-state index in [1.54, 1.807) is 4.90 Å². The molecule has 6 heteroatoms. The van der Waals surface area contributed by atoms with Gasteiger partial charge in [-0.2, -0.15) is 0 Å². The highest BCUT2D eigenvalue weighted by Gasteiger charge is 2.36. The fourth-order valence-corrected chi connectivity index (χ4v) is 3.53. The van der Waals surface area contributed by atoms with Crippen LogP contribution in [0, 0.1) is 9.49 Å². The van der Waals surface area contributed by atoms with Crippen molar-refractivity contribution in [3.63, 3.8) is 0 Å². The third-order valence-corrected chi connectivity index (χ3v) is 5.12. The van der Waals surface area contributed by atoms with Gasteiger partial charge < -0.3 is 4.74 Å². The average molecular weight is 479 g/mol. The Bertz CT molecular complexity index is 791. The highest BCUT2D eigenvalue weighted by atomic mass is 127. The zero-order chi connectivity index (χ0) is 19.6. The van der Waals surface area contributed by atoms with E-state index >= 15 is 0 Å². The monoisotopic (exact) mass is 479 g/mol. The molecule has 0 spiro atoms. The highest BCUT2D eigenvalue weighted by Crippen LogP contribution is 2.27. The third kappa shape index (κ3) is 4.99. The number of nitrogens with zero attached hydrogens (tertiary/aromatic N) is 2. The second-order valence-electron chi connectivity index (χ2n) is 7.80. The van der Waals surface area contributed by atoms with Gasteiger partial charge in [0.05, 0.1) is 11.4 Å². The molecule has 2 unspecified atom stereocenters. The van der Waals surface area contributed by atoms with Gasteiger partial charge in [-0.25, -0.2) is 4.79 Å². The maximum Gasteiger partial charge on any atom is 0.411 e. The van der Waals surface area contributed by atoms with Crippen molar-refractivity contribution in [2.75, 3.05) is 13.1 Å². The maximum atomic E-state index is 12.7. The number of ether oxygens (including phenoxy) is 1. The molecule has 2 aliphatic rings. The number of nitrogens with one attached hydrogen (secondary N) is 1. The zero-order valence-electron chi connectivity index (χ0n) is 16.2. The number of benzene rings is 1. The molecule has 1 fully saturated rings. The van der Waals surface area contributed by atoms with Crippen molar-refractivity contribution in [3.05, 3.63) is 51.6 Å². The Balaban J connectivity index is 1.90. The zero-order valence-corrected chi connectivity index (χ0v) is 18.4. The summed E-state index contributed by atoms with van der Waals surface area (Å²) in [6.45, 7) is 9.14. The largest absolute Gasteiger partial charge is 0.444 e. The van der Waals surface area contributed by atoms with Crippen molar-refractivity contribution >= 4 is 40.1 Å². The molecule has 1 aliphatic heterocycles. The van der Waals surface area contributed by atoms with Gasteiger partial charge in [0.15, 0.2) is 0 Å². The Morgan fingerprint density at radius 2 is 2.00 bits per heavy atom. The number of aliphatic imine (C=N–C) groups is 1. The quantitative estimate of drug-likeness (QED) is 0.628. The van der Waals surface area contributed by atoms with Crippen molar-refractivity contribution in [2.24, 2.45) is 10.9 Å². The molecule has 1 aliphatic carbocycles. The van der Waals surface area contributed by atoms with Crippen molar-refractivity contribution in [1.82, 2.24) is 10.2 Å². The van der Waals surface area contributed by atoms with Crippen LogP contribution in [0.1, 0.15) is 27.7 Å². The molecule has 2 atom stereocenters. The van der Waals surface area contributed by atoms with E-state index < -0.39 is 5.60 Å². The standard InChI is InChI=1S/C21H26IN3O2/c1-14-6-5-7-17(18(14)24-16-10-8-15(22)9-11-16)19-23-12-13-25(19)20(26)27-21(2,3)4/h5-11,14,19,23H,12-13H2,1-4H3/b24-18+. The molecule has 1 saturated heterocycles. The first-order valence-corrected chi connectivity index (χ1v) is 10.3. The molecule has 5 nitrogen and oxygen atoms in total. The number of carbonyl (C=O) groups excluding carboxylic acids is 1. The van der Waals surface area contributed by atoms with Gasteiger partial charge in [-0.1, -0.05) is 25.2 Å². The first-order valence-electron chi connectivity index (χ1n) is 9.20. The lowest BCUT2D eigenvalue weighted by Crippen LogP contribution is -2.46. The fraction of sp³-hybridized carbons (Fsp3) is 0.429. The van der Waals surface area contributed by atoms with E-state index in [0.29, 0.717) is 6.54 Å². The minimum absolute atomic E-state index is 0.173. The van der Waals surface area contributed by atoms with Crippen LogP contribution in [0.2, 0.25) is 0 Å². The number of amides is 1. The van der Waals surface area contributed by atoms with Crippen LogP contribution in [0.4, 0.5) is 10.5 Å². The summed E-state index contributed by atoms with van der Waals surface area (Å²) in [6, 6.07) is 8.14. The van der Waals surface area contributed by atoms with E-state index in [0.717, 1.165) is 23.5 Å². The Hall–Kier alpha value is -1.67. The molecular weight excluding hydrogens is 453 g/mol. The van der Waals surface area contributed by atoms with Crippen LogP contribution in [0.3, 0.4) is 0 Å². The van der Waals surface area contributed by atoms with Crippen LogP contribution in [-0.4, -0.2) is 41.6 Å². The number of carbonyl (C=O) groups is 1. The number of rotatable bonds is 2. The minimum atomic E-state index is -0.517. The normalized spacial score (nSPS) is 24.3. The number of hydrogen-bond acceptors (Lipinski definition) is 4. The first-order chi connectivity index (χ1) is 12.7. The number of allylic oxidation sites excluding steroid dienone is 3. The maximum absolute atomic E-state index is 12.7. The molecule has 1 heterocycles.